The summed E-state index contributed by atoms with van der Waals surface area (Å²) in [6.45, 7) is 2.03. The standard InChI is InChI=1S/C16H24N2O2/c1-18(9-10-20-12-14-7-8-14)16(19)15(17)11-13-5-3-2-4-6-13/h2-6,14-15H,7-12,17H2,1H3/t15-/m1/s1. The lowest BCUT2D eigenvalue weighted by molar-refractivity contribution is -0.131. The van der Waals surface area contributed by atoms with Crippen LogP contribution in [0.5, 0.6) is 0 Å². The van der Waals surface area contributed by atoms with Crippen LogP contribution >= 0.6 is 0 Å². The predicted octanol–water partition coefficient (Wildman–Crippen LogP) is 1.44. The Kier molecular flexibility index (Phi) is 5.56. The van der Waals surface area contributed by atoms with Gasteiger partial charge in [0, 0.05) is 20.2 Å². The van der Waals surface area contributed by atoms with Gasteiger partial charge in [-0.3, -0.25) is 4.79 Å². The molecule has 20 heavy (non-hydrogen) atoms. The molecule has 2 rings (SSSR count). The summed E-state index contributed by atoms with van der Waals surface area (Å²) in [6.07, 6.45) is 3.15. The molecule has 4 heteroatoms. The number of carbonyl (C=O) groups is 1. The molecule has 1 aliphatic carbocycles. The minimum atomic E-state index is -0.481. The molecule has 1 aromatic rings. The summed E-state index contributed by atoms with van der Waals surface area (Å²) in [6, 6.07) is 9.38. The van der Waals surface area contributed by atoms with Gasteiger partial charge < -0.3 is 15.4 Å². The first-order valence-electron chi connectivity index (χ1n) is 7.29. The molecule has 4 nitrogen and oxygen atoms in total. The largest absolute Gasteiger partial charge is 0.379 e. The lowest BCUT2D eigenvalue weighted by Gasteiger charge is -2.21. The Hall–Kier alpha value is -1.39. The Bertz CT molecular complexity index is 418. The number of benzene rings is 1. The van der Waals surface area contributed by atoms with E-state index in [1.54, 1.807) is 11.9 Å². The van der Waals surface area contributed by atoms with E-state index in [9.17, 15) is 4.79 Å². The predicted molar refractivity (Wildman–Crippen MR) is 79.3 cm³/mol. The molecule has 0 aliphatic heterocycles. The van der Waals surface area contributed by atoms with Crippen LogP contribution in [0.2, 0.25) is 0 Å². The number of hydrogen-bond donors (Lipinski definition) is 1. The first-order valence-corrected chi connectivity index (χ1v) is 7.29. The molecule has 0 aromatic heterocycles. The van der Waals surface area contributed by atoms with Crippen molar-refractivity contribution in [1.29, 1.82) is 0 Å². The van der Waals surface area contributed by atoms with Crippen molar-refractivity contribution < 1.29 is 9.53 Å². The Morgan fingerprint density at radius 3 is 2.75 bits per heavy atom. The van der Waals surface area contributed by atoms with Crippen LogP contribution < -0.4 is 5.73 Å². The maximum Gasteiger partial charge on any atom is 0.239 e. The number of hydrogen-bond acceptors (Lipinski definition) is 3. The van der Waals surface area contributed by atoms with Crippen molar-refractivity contribution in [3.05, 3.63) is 35.9 Å². The van der Waals surface area contributed by atoms with Crippen molar-refractivity contribution in [2.45, 2.75) is 25.3 Å². The zero-order chi connectivity index (χ0) is 14.4. The topological polar surface area (TPSA) is 55.6 Å². The van der Waals surface area contributed by atoms with Crippen molar-refractivity contribution in [2.24, 2.45) is 11.7 Å². The van der Waals surface area contributed by atoms with Crippen LogP contribution in [0.4, 0.5) is 0 Å². The number of rotatable bonds is 8. The highest BCUT2D eigenvalue weighted by Crippen LogP contribution is 2.28. The highest BCUT2D eigenvalue weighted by atomic mass is 16.5. The van der Waals surface area contributed by atoms with Gasteiger partial charge in [0.25, 0.3) is 0 Å². The van der Waals surface area contributed by atoms with Gasteiger partial charge in [0.1, 0.15) is 0 Å². The van der Waals surface area contributed by atoms with Gasteiger partial charge in [-0.1, -0.05) is 30.3 Å². The molecule has 0 unspecified atom stereocenters. The van der Waals surface area contributed by atoms with Crippen molar-refractivity contribution in [1.82, 2.24) is 4.90 Å². The van der Waals surface area contributed by atoms with E-state index in [0.29, 0.717) is 19.6 Å². The van der Waals surface area contributed by atoms with Gasteiger partial charge in [-0.2, -0.15) is 0 Å². The summed E-state index contributed by atoms with van der Waals surface area (Å²) in [5.41, 5.74) is 7.07. The average molecular weight is 276 g/mol. The first-order chi connectivity index (χ1) is 9.66. The molecule has 1 amide bonds. The second-order valence-electron chi connectivity index (χ2n) is 5.57. The van der Waals surface area contributed by atoms with E-state index in [0.717, 1.165) is 18.1 Å². The van der Waals surface area contributed by atoms with Crippen LogP contribution in [0.25, 0.3) is 0 Å². The molecule has 110 valence electrons. The molecule has 1 saturated carbocycles. The van der Waals surface area contributed by atoms with Gasteiger partial charge in [0.15, 0.2) is 0 Å². The fraction of sp³-hybridized carbons (Fsp3) is 0.562. The fourth-order valence-corrected chi connectivity index (χ4v) is 2.08. The molecule has 0 heterocycles. The summed E-state index contributed by atoms with van der Waals surface area (Å²) in [7, 11) is 1.79. The Labute approximate surface area is 120 Å². The highest BCUT2D eigenvalue weighted by Gasteiger charge is 2.22. The van der Waals surface area contributed by atoms with Crippen LogP contribution in [-0.4, -0.2) is 43.7 Å². The first kappa shape index (κ1) is 15.0. The normalized spacial score (nSPS) is 15.9. The summed E-state index contributed by atoms with van der Waals surface area (Å²) >= 11 is 0. The molecular weight excluding hydrogens is 252 g/mol. The minimum Gasteiger partial charge on any atom is -0.379 e. The number of likely N-dealkylation sites (N-methyl/N-ethyl adjacent to an activating group) is 1. The van der Waals surface area contributed by atoms with Crippen LogP contribution in [0, 0.1) is 5.92 Å². The maximum absolute atomic E-state index is 12.1. The molecular formula is C16H24N2O2. The quantitative estimate of drug-likeness (QED) is 0.731. The number of nitrogens with two attached hydrogens (primary N) is 1. The van der Waals surface area contributed by atoms with Gasteiger partial charge in [0.05, 0.1) is 12.6 Å². The molecule has 1 atom stereocenters. The number of amides is 1. The van der Waals surface area contributed by atoms with Crippen LogP contribution in [0.3, 0.4) is 0 Å². The van der Waals surface area contributed by atoms with Gasteiger partial charge in [-0.25, -0.2) is 0 Å². The van der Waals surface area contributed by atoms with E-state index in [1.807, 2.05) is 30.3 Å². The van der Waals surface area contributed by atoms with Crippen LogP contribution in [0.15, 0.2) is 30.3 Å². The van der Waals surface area contributed by atoms with Crippen molar-refractivity contribution >= 4 is 5.91 Å². The van der Waals surface area contributed by atoms with Crippen LogP contribution in [-0.2, 0) is 16.0 Å². The van der Waals surface area contributed by atoms with Gasteiger partial charge in [-0.05, 0) is 30.7 Å². The minimum absolute atomic E-state index is 0.0242. The SMILES string of the molecule is CN(CCOCC1CC1)C(=O)[C@H](N)Cc1ccccc1. The summed E-state index contributed by atoms with van der Waals surface area (Å²) < 4.78 is 5.54. The molecule has 0 radical (unpaired) electrons. The second-order valence-corrected chi connectivity index (χ2v) is 5.57. The van der Waals surface area contributed by atoms with E-state index < -0.39 is 6.04 Å². The summed E-state index contributed by atoms with van der Waals surface area (Å²) in [5, 5.41) is 0. The van der Waals surface area contributed by atoms with Gasteiger partial charge >= 0.3 is 0 Å². The van der Waals surface area contributed by atoms with Crippen molar-refractivity contribution in [3.63, 3.8) is 0 Å². The third-order valence-electron chi connectivity index (χ3n) is 3.61. The van der Waals surface area contributed by atoms with E-state index in [2.05, 4.69) is 0 Å². The molecule has 1 aliphatic rings. The molecule has 0 saturated heterocycles. The smallest absolute Gasteiger partial charge is 0.239 e. The molecule has 0 spiro atoms. The Morgan fingerprint density at radius 2 is 2.10 bits per heavy atom. The second kappa shape index (κ2) is 7.41. The van der Waals surface area contributed by atoms with E-state index in [-0.39, 0.29) is 5.91 Å². The molecule has 1 aromatic carbocycles. The molecule has 2 N–H and O–H groups in total. The third kappa shape index (κ3) is 4.94. The fourth-order valence-electron chi connectivity index (χ4n) is 2.08. The van der Waals surface area contributed by atoms with E-state index >= 15 is 0 Å². The average Bonchev–Trinajstić information content (AvgIpc) is 3.27. The van der Waals surface area contributed by atoms with Gasteiger partial charge in [0.2, 0.25) is 5.91 Å². The monoisotopic (exact) mass is 276 g/mol. The lowest BCUT2D eigenvalue weighted by atomic mass is 10.1. The zero-order valence-corrected chi connectivity index (χ0v) is 12.1. The van der Waals surface area contributed by atoms with Crippen molar-refractivity contribution in [3.8, 4) is 0 Å². The summed E-state index contributed by atoms with van der Waals surface area (Å²) in [4.78, 5) is 13.8. The van der Waals surface area contributed by atoms with Gasteiger partial charge in [-0.15, -0.1) is 0 Å². The highest BCUT2D eigenvalue weighted by molar-refractivity contribution is 5.81. The number of nitrogens with zero attached hydrogens (tertiary/aromatic N) is 1. The van der Waals surface area contributed by atoms with E-state index in [4.69, 9.17) is 10.5 Å². The third-order valence-corrected chi connectivity index (χ3v) is 3.61. The Morgan fingerprint density at radius 1 is 1.40 bits per heavy atom. The number of carbonyl (C=O) groups excluding carboxylic acids is 1. The number of ether oxygens (including phenoxy) is 1. The zero-order valence-electron chi connectivity index (χ0n) is 12.1. The van der Waals surface area contributed by atoms with E-state index in [1.165, 1.54) is 12.8 Å². The lowest BCUT2D eigenvalue weighted by Crippen LogP contribution is -2.44. The summed E-state index contributed by atoms with van der Waals surface area (Å²) in [5.74, 6) is 0.736. The maximum atomic E-state index is 12.1. The molecule has 1 fully saturated rings. The molecule has 0 bridgehead atoms. The Balaban J connectivity index is 1.68. The van der Waals surface area contributed by atoms with Crippen molar-refractivity contribution in [2.75, 3.05) is 26.8 Å². The van der Waals surface area contributed by atoms with Crippen LogP contribution in [0.1, 0.15) is 18.4 Å².